The summed E-state index contributed by atoms with van der Waals surface area (Å²) < 4.78 is 6.46. The fraction of sp³-hybridized carbons (Fsp3) is 0.214. The molecule has 0 saturated carbocycles. The van der Waals surface area contributed by atoms with Crippen molar-refractivity contribution in [3.05, 3.63) is 47.8 Å². The summed E-state index contributed by atoms with van der Waals surface area (Å²) in [6.45, 7) is 2.42. The number of aromatic carboxylic acids is 1. The number of nitrogens with zero attached hydrogens (tertiary/aromatic N) is 2. The van der Waals surface area contributed by atoms with Crippen LogP contribution >= 0.6 is 0 Å². The molecule has 7 heteroatoms. The van der Waals surface area contributed by atoms with Gasteiger partial charge in [0.2, 0.25) is 0 Å². The molecular formula is C14H15N3O4. The lowest BCUT2D eigenvalue weighted by Gasteiger charge is -2.05. The van der Waals surface area contributed by atoms with Crippen molar-refractivity contribution in [2.75, 3.05) is 5.32 Å². The number of carbonyl (C=O) groups excluding carboxylic acids is 1. The van der Waals surface area contributed by atoms with Gasteiger partial charge in [-0.3, -0.25) is 10.00 Å². The average Bonchev–Trinajstić information content (AvgIpc) is 2.89. The van der Waals surface area contributed by atoms with Crippen molar-refractivity contribution >= 4 is 17.7 Å². The third kappa shape index (κ3) is 3.82. The number of anilines is 1. The molecule has 110 valence electrons. The molecule has 7 nitrogen and oxygen atoms in total. The summed E-state index contributed by atoms with van der Waals surface area (Å²) in [7, 11) is 0. The average molecular weight is 289 g/mol. The Hall–Kier alpha value is -2.83. The highest BCUT2D eigenvalue weighted by atomic mass is 16.5. The third-order valence-electron chi connectivity index (χ3n) is 2.74. The number of carboxylic acids is 1. The number of ether oxygens (including phenoxy) is 1. The highest BCUT2D eigenvalue weighted by Crippen LogP contribution is 2.14. The molecule has 0 saturated heterocycles. The number of aromatic nitrogens is 2. The van der Waals surface area contributed by atoms with Gasteiger partial charge in [-0.1, -0.05) is 30.3 Å². The van der Waals surface area contributed by atoms with Crippen LogP contribution in [0.15, 0.2) is 36.5 Å². The number of nitrogens with one attached hydrogen (secondary N) is 1. The smallest absolute Gasteiger partial charge is 0.412 e. The zero-order chi connectivity index (χ0) is 15.2. The molecule has 0 atom stereocenters. The maximum absolute atomic E-state index is 11.7. The first-order valence-electron chi connectivity index (χ1n) is 6.38. The van der Waals surface area contributed by atoms with Gasteiger partial charge in [0, 0.05) is 12.7 Å². The van der Waals surface area contributed by atoms with E-state index in [0.29, 0.717) is 6.54 Å². The molecule has 0 spiro atoms. The second-order valence-corrected chi connectivity index (χ2v) is 4.24. The van der Waals surface area contributed by atoms with E-state index in [1.54, 1.807) is 0 Å². The summed E-state index contributed by atoms with van der Waals surface area (Å²) in [4.78, 5) is 22.7. The minimum Gasteiger partial charge on any atom is -0.476 e. The largest absolute Gasteiger partial charge is 0.476 e. The second-order valence-electron chi connectivity index (χ2n) is 4.24. The Morgan fingerprint density at radius 1 is 1.33 bits per heavy atom. The van der Waals surface area contributed by atoms with Crippen molar-refractivity contribution < 1.29 is 19.4 Å². The zero-order valence-corrected chi connectivity index (χ0v) is 11.4. The lowest BCUT2D eigenvalue weighted by atomic mass is 10.2. The first kappa shape index (κ1) is 14.6. The third-order valence-corrected chi connectivity index (χ3v) is 2.74. The van der Waals surface area contributed by atoms with Gasteiger partial charge < -0.3 is 9.84 Å². The molecule has 21 heavy (non-hydrogen) atoms. The van der Waals surface area contributed by atoms with Crippen molar-refractivity contribution in [1.29, 1.82) is 0 Å². The first-order valence-corrected chi connectivity index (χ1v) is 6.38. The number of hydrogen-bond acceptors (Lipinski definition) is 4. The summed E-state index contributed by atoms with van der Waals surface area (Å²) >= 11 is 0. The van der Waals surface area contributed by atoms with E-state index >= 15 is 0 Å². The Bertz CT molecular complexity index is 637. The van der Waals surface area contributed by atoms with Crippen LogP contribution < -0.4 is 5.32 Å². The van der Waals surface area contributed by atoms with E-state index in [0.717, 1.165) is 5.56 Å². The SMILES string of the molecule is CCn1cc(NC(=O)OCc2ccccc2)c(C(=O)O)n1. The Kier molecular flexibility index (Phi) is 4.55. The van der Waals surface area contributed by atoms with E-state index in [1.165, 1.54) is 10.9 Å². The number of benzene rings is 1. The lowest BCUT2D eigenvalue weighted by molar-refractivity contribution is 0.0690. The van der Waals surface area contributed by atoms with E-state index in [-0.39, 0.29) is 18.0 Å². The number of amides is 1. The first-order chi connectivity index (χ1) is 10.1. The predicted molar refractivity (Wildman–Crippen MR) is 75.1 cm³/mol. The van der Waals surface area contributed by atoms with Crippen LogP contribution in [0, 0.1) is 0 Å². The minimum absolute atomic E-state index is 0.108. The van der Waals surface area contributed by atoms with Crippen LogP contribution in [0.3, 0.4) is 0 Å². The summed E-state index contributed by atoms with van der Waals surface area (Å²) in [5.41, 5.74) is 0.742. The van der Waals surface area contributed by atoms with Crippen molar-refractivity contribution in [1.82, 2.24) is 9.78 Å². The van der Waals surface area contributed by atoms with Gasteiger partial charge in [0.25, 0.3) is 0 Å². The molecule has 1 amide bonds. The molecule has 0 aliphatic heterocycles. The highest BCUT2D eigenvalue weighted by molar-refractivity contribution is 5.96. The Morgan fingerprint density at radius 2 is 2.05 bits per heavy atom. The molecule has 1 aromatic carbocycles. The molecule has 1 aromatic heterocycles. The van der Waals surface area contributed by atoms with Crippen molar-refractivity contribution in [2.24, 2.45) is 0 Å². The van der Waals surface area contributed by atoms with E-state index in [2.05, 4.69) is 10.4 Å². The summed E-state index contributed by atoms with van der Waals surface area (Å²) in [5.74, 6) is -1.21. The van der Waals surface area contributed by atoms with Crippen LogP contribution in [-0.4, -0.2) is 26.9 Å². The molecule has 0 fully saturated rings. The van der Waals surface area contributed by atoms with E-state index < -0.39 is 12.1 Å². The molecule has 2 N–H and O–H groups in total. The van der Waals surface area contributed by atoms with Crippen molar-refractivity contribution in [2.45, 2.75) is 20.1 Å². The van der Waals surface area contributed by atoms with Gasteiger partial charge >= 0.3 is 12.1 Å². The number of aryl methyl sites for hydroxylation is 1. The summed E-state index contributed by atoms with van der Waals surface area (Å²) in [6, 6.07) is 9.19. The Morgan fingerprint density at radius 3 is 2.67 bits per heavy atom. The van der Waals surface area contributed by atoms with Crippen LogP contribution in [0.2, 0.25) is 0 Å². The Balaban J connectivity index is 1.99. The molecule has 0 bridgehead atoms. The quantitative estimate of drug-likeness (QED) is 0.881. The molecule has 2 rings (SSSR count). The van der Waals surface area contributed by atoms with Crippen LogP contribution in [0.4, 0.5) is 10.5 Å². The number of carbonyl (C=O) groups is 2. The summed E-state index contributed by atoms with van der Waals surface area (Å²) in [6.07, 6.45) is 0.727. The molecule has 0 unspecified atom stereocenters. The van der Waals surface area contributed by atoms with Crippen LogP contribution in [0.25, 0.3) is 0 Å². The fourth-order valence-corrected chi connectivity index (χ4v) is 1.70. The van der Waals surface area contributed by atoms with Crippen molar-refractivity contribution in [3.8, 4) is 0 Å². The normalized spacial score (nSPS) is 10.1. The predicted octanol–water partition coefficient (Wildman–Crippen LogP) is 2.35. The molecule has 0 radical (unpaired) electrons. The lowest BCUT2D eigenvalue weighted by Crippen LogP contribution is -2.15. The maximum Gasteiger partial charge on any atom is 0.412 e. The van der Waals surface area contributed by atoms with Gasteiger partial charge in [-0.15, -0.1) is 0 Å². The molecular weight excluding hydrogens is 274 g/mol. The number of carboxylic acid groups (broad SMARTS) is 1. The zero-order valence-electron chi connectivity index (χ0n) is 11.4. The fourth-order valence-electron chi connectivity index (χ4n) is 1.70. The maximum atomic E-state index is 11.7. The Labute approximate surface area is 121 Å². The minimum atomic E-state index is -1.21. The molecule has 1 heterocycles. The number of rotatable bonds is 5. The van der Waals surface area contributed by atoms with E-state index in [1.807, 2.05) is 37.3 Å². The topological polar surface area (TPSA) is 93.5 Å². The van der Waals surface area contributed by atoms with Crippen LogP contribution in [0.5, 0.6) is 0 Å². The van der Waals surface area contributed by atoms with E-state index in [9.17, 15) is 9.59 Å². The monoisotopic (exact) mass is 289 g/mol. The van der Waals surface area contributed by atoms with Crippen molar-refractivity contribution in [3.63, 3.8) is 0 Å². The van der Waals surface area contributed by atoms with Gasteiger partial charge in [0.05, 0.1) is 5.69 Å². The molecule has 0 aliphatic carbocycles. The van der Waals surface area contributed by atoms with Gasteiger partial charge in [0.1, 0.15) is 6.61 Å². The van der Waals surface area contributed by atoms with Gasteiger partial charge in [-0.25, -0.2) is 9.59 Å². The summed E-state index contributed by atoms with van der Waals surface area (Å²) in [5, 5.41) is 15.3. The van der Waals surface area contributed by atoms with E-state index in [4.69, 9.17) is 9.84 Å². The van der Waals surface area contributed by atoms with Crippen LogP contribution in [-0.2, 0) is 17.9 Å². The second kappa shape index (κ2) is 6.56. The standard InChI is InChI=1S/C14H15N3O4/c1-2-17-8-11(12(16-17)13(18)19)15-14(20)21-9-10-6-4-3-5-7-10/h3-8H,2,9H2,1H3,(H,15,20)(H,18,19). The molecule has 0 aliphatic rings. The van der Waals surface area contributed by atoms with Gasteiger partial charge in [0.15, 0.2) is 5.69 Å². The van der Waals surface area contributed by atoms with Gasteiger partial charge in [-0.05, 0) is 12.5 Å². The van der Waals surface area contributed by atoms with Crippen LogP contribution in [0.1, 0.15) is 23.0 Å². The number of hydrogen-bond donors (Lipinski definition) is 2. The highest BCUT2D eigenvalue weighted by Gasteiger charge is 2.17. The molecule has 2 aromatic rings. The van der Waals surface area contributed by atoms with Gasteiger partial charge in [-0.2, -0.15) is 5.10 Å².